The van der Waals surface area contributed by atoms with Crippen LogP contribution >= 0.6 is 11.3 Å². The Hall–Kier alpha value is -0.980. The number of piperidine rings is 1. The van der Waals surface area contributed by atoms with Crippen LogP contribution in [-0.2, 0) is 4.74 Å². The highest BCUT2D eigenvalue weighted by Crippen LogP contribution is 2.18. The van der Waals surface area contributed by atoms with Crippen LogP contribution in [0.5, 0.6) is 0 Å². The molecule has 22 heavy (non-hydrogen) atoms. The van der Waals surface area contributed by atoms with Gasteiger partial charge in [-0.2, -0.15) is 0 Å². The van der Waals surface area contributed by atoms with Crippen molar-refractivity contribution in [1.29, 1.82) is 0 Å². The van der Waals surface area contributed by atoms with Gasteiger partial charge in [0, 0.05) is 44.3 Å². The zero-order chi connectivity index (χ0) is 15.9. The minimum absolute atomic E-state index is 0.0361. The van der Waals surface area contributed by atoms with Crippen molar-refractivity contribution < 1.29 is 9.53 Å². The summed E-state index contributed by atoms with van der Waals surface area (Å²) in [7, 11) is 0. The van der Waals surface area contributed by atoms with Gasteiger partial charge in [0.05, 0.1) is 5.01 Å². The zero-order valence-electron chi connectivity index (χ0n) is 13.8. The van der Waals surface area contributed by atoms with Crippen LogP contribution in [0.2, 0.25) is 0 Å². The molecule has 124 valence electrons. The Labute approximate surface area is 137 Å². The first-order chi connectivity index (χ1) is 10.6. The van der Waals surface area contributed by atoms with Crippen molar-refractivity contribution in [3.05, 3.63) is 16.1 Å². The molecule has 0 saturated carbocycles. The summed E-state index contributed by atoms with van der Waals surface area (Å²) in [5.74, 6) is 0.426. The quantitative estimate of drug-likeness (QED) is 0.782. The first-order valence-corrected chi connectivity index (χ1v) is 9.01. The summed E-state index contributed by atoms with van der Waals surface area (Å²) < 4.78 is 5.39. The number of nitrogens with zero attached hydrogens (tertiary/aromatic N) is 2. The van der Waals surface area contributed by atoms with Crippen molar-refractivity contribution in [2.24, 2.45) is 5.92 Å². The van der Waals surface area contributed by atoms with Crippen molar-refractivity contribution in [3.8, 4) is 0 Å². The standard InChI is InChI=1S/C16H27N3O2S/c1-4-21-9-5-7-19-8-6-14(12(2)10-19)18-16(20)15-11-22-13(3)17-15/h11-12,14H,4-10H2,1-3H3,(H,18,20). The molecule has 0 bridgehead atoms. The molecule has 1 N–H and O–H groups in total. The summed E-state index contributed by atoms with van der Waals surface area (Å²) >= 11 is 1.52. The van der Waals surface area contributed by atoms with Gasteiger partial charge in [-0.25, -0.2) is 4.98 Å². The fourth-order valence-electron chi connectivity index (χ4n) is 2.89. The number of hydrogen-bond acceptors (Lipinski definition) is 5. The minimum Gasteiger partial charge on any atom is -0.382 e. The predicted molar refractivity (Wildman–Crippen MR) is 89.4 cm³/mol. The molecule has 1 aromatic heterocycles. The van der Waals surface area contributed by atoms with Gasteiger partial charge in [-0.15, -0.1) is 11.3 Å². The number of carbonyl (C=O) groups excluding carboxylic acids is 1. The number of thiazole rings is 1. The van der Waals surface area contributed by atoms with E-state index in [1.807, 2.05) is 19.2 Å². The second kappa shape index (κ2) is 8.60. The molecule has 5 nitrogen and oxygen atoms in total. The second-order valence-corrected chi connectivity index (χ2v) is 7.01. The Morgan fingerprint density at radius 2 is 2.41 bits per heavy atom. The maximum absolute atomic E-state index is 12.2. The maximum atomic E-state index is 12.2. The van der Waals surface area contributed by atoms with E-state index in [2.05, 4.69) is 22.1 Å². The van der Waals surface area contributed by atoms with Crippen LogP contribution in [-0.4, -0.2) is 54.7 Å². The molecule has 2 heterocycles. The van der Waals surface area contributed by atoms with Crippen molar-refractivity contribution in [3.63, 3.8) is 0 Å². The van der Waals surface area contributed by atoms with E-state index in [1.165, 1.54) is 11.3 Å². The number of aryl methyl sites for hydroxylation is 1. The highest BCUT2D eigenvalue weighted by atomic mass is 32.1. The highest BCUT2D eigenvalue weighted by molar-refractivity contribution is 7.09. The first kappa shape index (κ1) is 17.4. The van der Waals surface area contributed by atoms with Crippen molar-refractivity contribution >= 4 is 17.2 Å². The number of likely N-dealkylation sites (tertiary alicyclic amines) is 1. The van der Waals surface area contributed by atoms with Gasteiger partial charge in [-0.05, 0) is 32.6 Å². The molecule has 2 rings (SSSR count). The monoisotopic (exact) mass is 325 g/mol. The molecule has 2 unspecified atom stereocenters. The summed E-state index contributed by atoms with van der Waals surface area (Å²) in [5.41, 5.74) is 0.550. The molecular weight excluding hydrogens is 298 g/mol. The molecule has 1 aromatic rings. The lowest BCUT2D eigenvalue weighted by Crippen LogP contribution is -2.50. The Morgan fingerprint density at radius 3 is 3.05 bits per heavy atom. The molecule has 0 spiro atoms. The molecule has 0 aliphatic carbocycles. The second-order valence-electron chi connectivity index (χ2n) is 5.95. The molecule has 1 aliphatic rings. The van der Waals surface area contributed by atoms with E-state index >= 15 is 0 Å². The van der Waals surface area contributed by atoms with Crippen molar-refractivity contribution in [2.45, 2.75) is 39.7 Å². The van der Waals surface area contributed by atoms with Crippen LogP contribution in [0.1, 0.15) is 42.2 Å². The fraction of sp³-hybridized carbons (Fsp3) is 0.750. The summed E-state index contributed by atoms with van der Waals surface area (Å²) in [6.07, 6.45) is 2.08. The van der Waals surface area contributed by atoms with E-state index in [4.69, 9.17) is 4.74 Å². The van der Waals surface area contributed by atoms with E-state index in [-0.39, 0.29) is 11.9 Å². The van der Waals surface area contributed by atoms with E-state index in [9.17, 15) is 4.79 Å². The van der Waals surface area contributed by atoms with E-state index < -0.39 is 0 Å². The molecule has 6 heteroatoms. The largest absolute Gasteiger partial charge is 0.382 e. The maximum Gasteiger partial charge on any atom is 0.270 e. The molecule has 0 radical (unpaired) electrons. The third-order valence-electron chi connectivity index (χ3n) is 4.12. The van der Waals surface area contributed by atoms with Gasteiger partial charge in [0.1, 0.15) is 5.69 Å². The van der Waals surface area contributed by atoms with Crippen LogP contribution < -0.4 is 5.32 Å². The van der Waals surface area contributed by atoms with E-state index in [0.717, 1.165) is 50.7 Å². The van der Waals surface area contributed by atoms with Gasteiger partial charge in [0.25, 0.3) is 5.91 Å². The summed E-state index contributed by atoms with van der Waals surface area (Å²) in [6, 6.07) is 0.248. The SMILES string of the molecule is CCOCCCN1CCC(NC(=O)c2csc(C)n2)C(C)C1. The summed E-state index contributed by atoms with van der Waals surface area (Å²) in [4.78, 5) is 18.9. The molecule has 0 aromatic carbocycles. The summed E-state index contributed by atoms with van der Waals surface area (Å²) in [6.45, 7) is 10.9. The Kier molecular flexibility index (Phi) is 6.79. The molecular formula is C16H27N3O2S. The zero-order valence-corrected chi connectivity index (χ0v) is 14.6. The lowest BCUT2D eigenvalue weighted by molar-refractivity contribution is 0.0839. The van der Waals surface area contributed by atoms with Crippen molar-refractivity contribution in [2.75, 3.05) is 32.8 Å². The van der Waals surface area contributed by atoms with Gasteiger partial charge in [-0.3, -0.25) is 4.79 Å². The van der Waals surface area contributed by atoms with Crippen molar-refractivity contribution in [1.82, 2.24) is 15.2 Å². The third kappa shape index (κ3) is 5.04. The number of hydrogen-bond donors (Lipinski definition) is 1. The molecule has 1 saturated heterocycles. The van der Waals surface area contributed by atoms with Crippen LogP contribution in [0.4, 0.5) is 0 Å². The van der Waals surface area contributed by atoms with Crippen LogP contribution in [0, 0.1) is 12.8 Å². The third-order valence-corrected chi connectivity index (χ3v) is 4.90. The number of carbonyl (C=O) groups is 1. The minimum atomic E-state index is -0.0361. The van der Waals surface area contributed by atoms with Crippen LogP contribution in [0.15, 0.2) is 5.38 Å². The predicted octanol–water partition coefficient (Wildman–Crippen LogP) is 2.32. The van der Waals surface area contributed by atoms with E-state index in [1.54, 1.807) is 0 Å². The topological polar surface area (TPSA) is 54.5 Å². The molecule has 1 aliphatic heterocycles. The van der Waals surface area contributed by atoms with Crippen LogP contribution in [0.3, 0.4) is 0 Å². The average molecular weight is 325 g/mol. The number of nitrogens with one attached hydrogen (secondary N) is 1. The lowest BCUT2D eigenvalue weighted by Gasteiger charge is -2.37. The van der Waals surface area contributed by atoms with Gasteiger partial charge in [-0.1, -0.05) is 6.92 Å². The number of rotatable bonds is 7. The number of aromatic nitrogens is 1. The lowest BCUT2D eigenvalue weighted by atomic mass is 9.93. The number of ether oxygens (including phenoxy) is 1. The van der Waals surface area contributed by atoms with Crippen LogP contribution in [0.25, 0.3) is 0 Å². The number of amides is 1. The first-order valence-electron chi connectivity index (χ1n) is 8.13. The Balaban J connectivity index is 1.75. The summed E-state index contributed by atoms with van der Waals surface area (Å²) in [5, 5.41) is 5.91. The Morgan fingerprint density at radius 1 is 1.59 bits per heavy atom. The smallest absolute Gasteiger partial charge is 0.270 e. The highest BCUT2D eigenvalue weighted by Gasteiger charge is 2.27. The average Bonchev–Trinajstić information content (AvgIpc) is 2.93. The molecule has 1 fully saturated rings. The van der Waals surface area contributed by atoms with Gasteiger partial charge < -0.3 is 15.0 Å². The van der Waals surface area contributed by atoms with E-state index in [0.29, 0.717) is 11.6 Å². The fourth-order valence-corrected chi connectivity index (χ4v) is 3.49. The normalized spacial score (nSPS) is 22.7. The van der Waals surface area contributed by atoms with Gasteiger partial charge >= 0.3 is 0 Å². The molecule has 2 atom stereocenters. The Bertz CT molecular complexity index is 478. The van der Waals surface area contributed by atoms with Gasteiger partial charge in [0.2, 0.25) is 0 Å². The molecule has 1 amide bonds. The van der Waals surface area contributed by atoms with Gasteiger partial charge in [0.15, 0.2) is 0 Å².